The van der Waals surface area contributed by atoms with E-state index in [0.29, 0.717) is 6.54 Å². The number of carbonyl (C=O) groups is 1. The molecular formula is C16H19N3O. The third-order valence-corrected chi connectivity index (χ3v) is 3.27. The molecule has 1 amide bonds. The van der Waals surface area contributed by atoms with Crippen LogP contribution >= 0.6 is 0 Å². The van der Waals surface area contributed by atoms with Crippen molar-refractivity contribution in [2.45, 2.75) is 26.4 Å². The zero-order valence-corrected chi connectivity index (χ0v) is 11.8. The number of aromatic nitrogens is 1. The third kappa shape index (κ3) is 3.42. The highest BCUT2D eigenvalue weighted by molar-refractivity contribution is 5.82. The zero-order chi connectivity index (χ0) is 14.5. The van der Waals surface area contributed by atoms with E-state index in [0.717, 1.165) is 22.4 Å². The Kier molecular flexibility index (Phi) is 4.48. The zero-order valence-electron chi connectivity index (χ0n) is 11.8. The van der Waals surface area contributed by atoms with E-state index in [1.165, 1.54) is 0 Å². The molecule has 4 nitrogen and oxygen atoms in total. The highest BCUT2D eigenvalue weighted by Crippen LogP contribution is 2.12. The SMILES string of the molecule is Cc1ccc(C(N)C(=O)NCc2ncccc2C)cc1. The molecule has 0 aliphatic rings. The number of pyridine rings is 1. The Morgan fingerprint density at radius 1 is 1.25 bits per heavy atom. The Morgan fingerprint density at radius 3 is 2.60 bits per heavy atom. The Bertz CT molecular complexity index is 593. The van der Waals surface area contributed by atoms with Crippen LogP contribution in [0.5, 0.6) is 0 Å². The fraction of sp³-hybridized carbons (Fsp3) is 0.250. The number of amides is 1. The van der Waals surface area contributed by atoms with Crippen molar-refractivity contribution in [3.05, 3.63) is 65.0 Å². The molecule has 20 heavy (non-hydrogen) atoms. The standard InChI is InChI=1S/C16H19N3O/c1-11-5-7-13(8-6-11)15(17)16(20)19-10-14-12(2)4-3-9-18-14/h3-9,15H,10,17H2,1-2H3,(H,19,20). The summed E-state index contributed by atoms with van der Waals surface area (Å²) in [6.07, 6.45) is 1.72. The summed E-state index contributed by atoms with van der Waals surface area (Å²) in [5.74, 6) is -0.195. The molecule has 1 aromatic heterocycles. The first-order valence-electron chi connectivity index (χ1n) is 6.58. The fourth-order valence-electron chi connectivity index (χ4n) is 1.91. The number of carbonyl (C=O) groups excluding carboxylic acids is 1. The molecular weight excluding hydrogens is 250 g/mol. The maximum absolute atomic E-state index is 12.0. The molecule has 0 radical (unpaired) electrons. The van der Waals surface area contributed by atoms with Gasteiger partial charge in [0.25, 0.3) is 0 Å². The maximum Gasteiger partial charge on any atom is 0.241 e. The maximum atomic E-state index is 12.0. The number of nitrogens with two attached hydrogens (primary N) is 1. The summed E-state index contributed by atoms with van der Waals surface area (Å²) in [7, 11) is 0. The molecule has 0 bridgehead atoms. The minimum absolute atomic E-state index is 0.195. The number of hydrogen-bond acceptors (Lipinski definition) is 3. The highest BCUT2D eigenvalue weighted by Gasteiger charge is 2.15. The van der Waals surface area contributed by atoms with Gasteiger partial charge in [0.15, 0.2) is 0 Å². The van der Waals surface area contributed by atoms with Crippen LogP contribution < -0.4 is 11.1 Å². The first-order chi connectivity index (χ1) is 9.58. The molecule has 2 aromatic rings. The fourth-order valence-corrected chi connectivity index (χ4v) is 1.91. The van der Waals surface area contributed by atoms with Gasteiger partial charge in [0, 0.05) is 6.20 Å². The summed E-state index contributed by atoms with van der Waals surface area (Å²) >= 11 is 0. The minimum Gasteiger partial charge on any atom is -0.349 e. The van der Waals surface area contributed by atoms with Crippen molar-refractivity contribution >= 4 is 5.91 Å². The average Bonchev–Trinajstić information content (AvgIpc) is 2.46. The van der Waals surface area contributed by atoms with Crippen LogP contribution in [0.3, 0.4) is 0 Å². The van der Waals surface area contributed by atoms with E-state index in [4.69, 9.17) is 5.73 Å². The van der Waals surface area contributed by atoms with Gasteiger partial charge in [-0.3, -0.25) is 9.78 Å². The van der Waals surface area contributed by atoms with E-state index >= 15 is 0 Å². The van der Waals surface area contributed by atoms with Crippen LogP contribution in [-0.2, 0) is 11.3 Å². The van der Waals surface area contributed by atoms with E-state index in [1.54, 1.807) is 6.20 Å². The summed E-state index contributed by atoms with van der Waals surface area (Å²) in [6, 6.07) is 10.8. The second-order valence-electron chi connectivity index (χ2n) is 4.87. The van der Waals surface area contributed by atoms with Gasteiger partial charge in [-0.2, -0.15) is 0 Å². The molecule has 4 heteroatoms. The van der Waals surface area contributed by atoms with Crippen LogP contribution in [0.15, 0.2) is 42.6 Å². The summed E-state index contributed by atoms with van der Waals surface area (Å²) in [4.78, 5) is 16.3. The van der Waals surface area contributed by atoms with E-state index < -0.39 is 6.04 Å². The second kappa shape index (κ2) is 6.30. The quantitative estimate of drug-likeness (QED) is 0.892. The van der Waals surface area contributed by atoms with Gasteiger partial charge in [0.05, 0.1) is 12.2 Å². The van der Waals surface area contributed by atoms with Crippen molar-refractivity contribution in [3.63, 3.8) is 0 Å². The predicted molar refractivity (Wildman–Crippen MR) is 78.9 cm³/mol. The van der Waals surface area contributed by atoms with Crippen molar-refractivity contribution in [2.75, 3.05) is 0 Å². The average molecular weight is 269 g/mol. The van der Waals surface area contributed by atoms with Crippen molar-refractivity contribution in [1.82, 2.24) is 10.3 Å². The predicted octanol–water partition coefficient (Wildman–Crippen LogP) is 2.01. The van der Waals surface area contributed by atoms with Gasteiger partial charge in [0.1, 0.15) is 6.04 Å². The van der Waals surface area contributed by atoms with Crippen molar-refractivity contribution in [3.8, 4) is 0 Å². The minimum atomic E-state index is -0.653. The lowest BCUT2D eigenvalue weighted by Crippen LogP contribution is -2.34. The highest BCUT2D eigenvalue weighted by atomic mass is 16.2. The first-order valence-corrected chi connectivity index (χ1v) is 6.58. The van der Waals surface area contributed by atoms with E-state index in [2.05, 4.69) is 10.3 Å². The van der Waals surface area contributed by atoms with Crippen LogP contribution in [0.2, 0.25) is 0 Å². The van der Waals surface area contributed by atoms with E-state index in [-0.39, 0.29) is 5.91 Å². The molecule has 2 rings (SSSR count). The topological polar surface area (TPSA) is 68.0 Å². The van der Waals surface area contributed by atoms with Crippen LogP contribution in [0, 0.1) is 13.8 Å². The number of rotatable bonds is 4. The van der Waals surface area contributed by atoms with Gasteiger partial charge in [-0.05, 0) is 31.0 Å². The molecule has 1 heterocycles. The molecule has 0 saturated carbocycles. The lowest BCUT2D eigenvalue weighted by Gasteiger charge is -2.13. The lowest BCUT2D eigenvalue weighted by atomic mass is 10.1. The van der Waals surface area contributed by atoms with Gasteiger partial charge in [-0.25, -0.2) is 0 Å². The number of hydrogen-bond donors (Lipinski definition) is 2. The number of nitrogens with zero attached hydrogens (tertiary/aromatic N) is 1. The smallest absolute Gasteiger partial charge is 0.241 e. The van der Waals surface area contributed by atoms with E-state index in [1.807, 2.05) is 50.2 Å². The first kappa shape index (κ1) is 14.2. The van der Waals surface area contributed by atoms with Crippen LogP contribution in [0.4, 0.5) is 0 Å². The monoisotopic (exact) mass is 269 g/mol. The summed E-state index contributed by atoms with van der Waals surface area (Å²) in [5.41, 5.74) is 9.82. The Labute approximate surface area is 119 Å². The summed E-state index contributed by atoms with van der Waals surface area (Å²) in [6.45, 7) is 4.36. The Balaban J connectivity index is 1.98. The summed E-state index contributed by atoms with van der Waals surface area (Å²) < 4.78 is 0. The molecule has 0 aliphatic carbocycles. The molecule has 1 aromatic carbocycles. The molecule has 0 fully saturated rings. The van der Waals surface area contributed by atoms with Gasteiger partial charge in [-0.1, -0.05) is 35.9 Å². The molecule has 0 spiro atoms. The largest absolute Gasteiger partial charge is 0.349 e. The third-order valence-electron chi connectivity index (χ3n) is 3.27. The van der Waals surface area contributed by atoms with Crippen LogP contribution in [0.1, 0.15) is 28.4 Å². The molecule has 0 aliphatic heterocycles. The van der Waals surface area contributed by atoms with Crippen molar-refractivity contribution < 1.29 is 4.79 Å². The van der Waals surface area contributed by atoms with Gasteiger partial charge in [-0.15, -0.1) is 0 Å². The number of aryl methyl sites for hydroxylation is 2. The molecule has 0 saturated heterocycles. The Hall–Kier alpha value is -2.20. The normalized spacial score (nSPS) is 11.9. The molecule has 104 valence electrons. The number of benzene rings is 1. The molecule has 3 N–H and O–H groups in total. The van der Waals surface area contributed by atoms with E-state index in [9.17, 15) is 4.79 Å². The second-order valence-corrected chi connectivity index (χ2v) is 4.87. The lowest BCUT2D eigenvalue weighted by molar-refractivity contribution is -0.122. The molecule has 1 unspecified atom stereocenters. The van der Waals surface area contributed by atoms with Gasteiger partial charge >= 0.3 is 0 Å². The van der Waals surface area contributed by atoms with Crippen LogP contribution in [-0.4, -0.2) is 10.9 Å². The molecule has 1 atom stereocenters. The number of nitrogens with one attached hydrogen (secondary N) is 1. The Morgan fingerprint density at radius 2 is 1.95 bits per heavy atom. The van der Waals surface area contributed by atoms with Crippen molar-refractivity contribution in [1.29, 1.82) is 0 Å². The van der Waals surface area contributed by atoms with Crippen LogP contribution in [0.25, 0.3) is 0 Å². The summed E-state index contributed by atoms with van der Waals surface area (Å²) in [5, 5.41) is 2.83. The van der Waals surface area contributed by atoms with Gasteiger partial charge < -0.3 is 11.1 Å². The van der Waals surface area contributed by atoms with Crippen molar-refractivity contribution in [2.24, 2.45) is 5.73 Å². The van der Waals surface area contributed by atoms with Gasteiger partial charge in [0.2, 0.25) is 5.91 Å².